The highest BCUT2D eigenvalue weighted by atomic mass is 16.7. The summed E-state index contributed by atoms with van der Waals surface area (Å²) in [6.45, 7) is 1.51. The summed E-state index contributed by atoms with van der Waals surface area (Å²) in [6.07, 6.45) is -16.2. The van der Waals surface area contributed by atoms with Crippen LogP contribution in [0.15, 0.2) is 39.5 Å². The third-order valence-corrected chi connectivity index (χ3v) is 7.76. The molecule has 3 aromatic rings. The number of rotatable bonds is 10. The van der Waals surface area contributed by atoms with E-state index in [0.29, 0.717) is 13.2 Å². The van der Waals surface area contributed by atoms with Gasteiger partial charge in [-0.3, -0.25) is 4.79 Å². The Labute approximate surface area is 282 Å². The highest BCUT2D eigenvalue weighted by Gasteiger charge is 2.48. The van der Waals surface area contributed by atoms with Crippen LogP contribution < -0.4 is 10.2 Å². The second kappa shape index (κ2) is 16.9. The van der Waals surface area contributed by atoms with E-state index >= 15 is 0 Å². The van der Waals surface area contributed by atoms with Crippen LogP contribution in [0.4, 0.5) is 0 Å². The Morgan fingerprint density at radius 1 is 0.720 bits per heavy atom. The Kier molecular flexibility index (Phi) is 13.2. The van der Waals surface area contributed by atoms with Gasteiger partial charge in [-0.2, -0.15) is 0 Å². The lowest BCUT2D eigenvalue weighted by atomic mass is 9.98. The number of ether oxygens (including phenoxy) is 5. The number of hydrogen-bond acceptors (Lipinski definition) is 19. The van der Waals surface area contributed by atoms with Crippen molar-refractivity contribution in [2.45, 2.75) is 68.3 Å². The maximum atomic E-state index is 13.6. The van der Waals surface area contributed by atoms with Crippen LogP contribution in [0.1, 0.15) is 6.92 Å². The van der Waals surface area contributed by atoms with Gasteiger partial charge >= 0.3 is 0 Å². The Hall–Kier alpha value is -3.83. The first kappa shape index (κ1) is 39.0. The summed E-state index contributed by atoms with van der Waals surface area (Å²) < 4.78 is 32.4. The molecule has 0 unspecified atom stereocenters. The molecule has 1 aromatic heterocycles. The van der Waals surface area contributed by atoms with Gasteiger partial charge in [-0.15, -0.1) is 0 Å². The molecule has 12 N–H and O–H groups in total. The van der Waals surface area contributed by atoms with Crippen LogP contribution in [0, 0.1) is 0 Å². The van der Waals surface area contributed by atoms with Gasteiger partial charge < -0.3 is 89.4 Å². The van der Waals surface area contributed by atoms with E-state index in [2.05, 4.69) is 4.74 Å². The number of phenolic OH excluding ortho intramolecular Hbond substituents is 4. The van der Waals surface area contributed by atoms with E-state index in [0.717, 1.165) is 24.3 Å². The lowest BCUT2D eigenvalue weighted by Gasteiger charge is -2.42. The van der Waals surface area contributed by atoms with Gasteiger partial charge in [-0.05, 0) is 25.1 Å². The van der Waals surface area contributed by atoms with Gasteiger partial charge in [0.2, 0.25) is 17.5 Å². The first-order chi connectivity index (χ1) is 23.7. The Morgan fingerprint density at radius 3 is 2.00 bits per heavy atom. The molecule has 2 fully saturated rings. The van der Waals surface area contributed by atoms with Crippen molar-refractivity contribution in [2.24, 2.45) is 0 Å². The number of aliphatic hydroxyl groups is 8. The first-order valence-electron chi connectivity index (χ1n) is 15.2. The smallest absolute Gasteiger partial charge is 0.239 e. The van der Waals surface area contributed by atoms with Crippen molar-refractivity contribution < 1.29 is 89.4 Å². The molecule has 50 heavy (non-hydrogen) atoms. The molecule has 19 heteroatoms. The minimum atomic E-state index is -1.97. The topological polar surface area (TPSA) is 319 Å². The molecule has 2 aromatic carbocycles. The summed E-state index contributed by atoms with van der Waals surface area (Å²) in [5.41, 5.74) is -1.35. The third kappa shape index (κ3) is 8.54. The molecular weight excluding hydrogens is 676 g/mol. The summed E-state index contributed by atoms with van der Waals surface area (Å²) in [5, 5.41) is 118. The van der Waals surface area contributed by atoms with Crippen LogP contribution in [0.2, 0.25) is 0 Å². The second-order valence-corrected chi connectivity index (χ2v) is 11.3. The van der Waals surface area contributed by atoms with Gasteiger partial charge in [0.25, 0.3) is 0 Å². The fourth-order valence-electron chi connectivity index (χ4n) is 5.07. The molecule has 0 aliphatic carbocycles. The van der Waals surface area contributed by atoms with Gasteiger partial charge in [-0.25, -0.2) is 0 Å². The molecule has 0 amide bonds. The zero-order valence-corrected chi connectivity index (χ0v) is 26.4. The monoisotopic (exact) mass is 716 g/mol. The molecule has 0 saturated carbocycles. The second-order valence-electron chi connectivity index (χ2n) is 11.3. The van der Waals surface area contributed by atoms with E-state index in [1.165, 1.54) is 13.0 Å². The molecule has 2 aliphatic heterocycles. The quantitative estimate of drug-likeness (QED) is 0.0750. The number of hydrogen-bond donors (Lipinski definition) is 12. The van der Waals surface area contributed by atoms with Crippen molar-refractivity contribution in [3.05, 3.63) is 40.6 Å². The van der Waals surface area contributed by atoms with E-state index < -0.39 is 113 Å². The van der Waals surface area contributed by atoms with Crippen molar-refractivity contribution in [1.29, 1.82) is 0 Å². The lowest BCUT2D eigenvalue weighted by molar-refractivity contribution is -0.318. The predicted octanol–water partition coefficient (Wildman–Crippen LogP) is -2.70. The van der Waals surface area contributed by atoms with Crippen LogP contribution in [-0.2, 0) is 18.9 Å². The van der Waals surface area contributed by atoms with Crippen molar-refractivity contribution >= 4 is 11.0 Å². The highest BCUT2D eigenvalue weighted by molar-refractivity contribution is 5.88. The summed E-state index contributed by atoms with van der Waals surface area (Å²) in [7, 11) is 0. The molecule has 5 rings (SSSR count). The van der Waals surface area contributed by atoms with E-state index in [4.69, 9.17) is 33.6 Å². The maximum absolute atomic E-state index is 13.6. The number of aliphatic hydroxyl groups excluding tert-OH is 8. The van der Waals surface area contributed by atoms with Gasteiger partial charge in [0.15, 0.2) is 23.5 Å². The molecule has 0 radical (unpaired) electrons. The predicted molar refractivity (Wildman–Crippen MR) is 165 cm³/mol. The highest BCUT2D eigenvalue weighted by Crippen LogP contribution is 2.39. The van der Waals surface area contributed by atoms with Crippen molar-refractivity contribution in [2.75, 3.05) is 33.0 Å². The number of benzene rings is 2. The Bertz CT molecular complexity index is 1630. The summed E-state index contributed by atoms with van der Waals surface area (Å²) in [5.74, 6) is -3.33. The minimum Gasteiger partial charge on any atom is -0.508 e. The zero-order chi connectivity index (χ0) is 36.9. The van der Waals surface area contributed by atoms with Crippen LogP contribution in [0.25, 0.3) is 22.3 Å². The van der Waals surface area contributed by atoms with Crippen LogP contribution >= 0.6 is 0 Å². The molecule has 0 bridgehead atoms. The minimum absolute atomic E-state index is 0.0278. The number of aromatic hydroxyl groups is 4. The SMILES string of the molecule is C[C@@H]1O[C@@H](OC[C@H]2O[C@@H](Oc3c(-c4ccc(O)c(O)c4)oc4cc(O)cc(O)c4c3=O)[C@H](O)[C@@H](O)[C@@H]2O)[C@H](O)[C@H](O)[C@H]1O.OCCOCCO. The van der Waals surface area contributed by atoms with E-state index in [1.54, 1.807) is 0 Å². The van der Waals surface area contributed by atoms with Gasteiger partial charge in [0.1, 0.15) is 65.2 Å². The molecule has 19 nitrogen and oxygen atoms in total. The van der Waals surface area contributed by atoms with E-state index in [1.807, 2.05) is 0 Å². The fraction of sp³-hybridized carbons (Fsp3) is 0.516. The molecule has 10 atom stereocenters. The average Bonchev–Trinajstić information content (AvgIpc) is 3.07. The standard InChI is InChI=1S/C27H30O16.C4H10O3/c1-8-17(32)20(35)22(37)26(40-8)39-7-15-18(33)21(36)23(38)27(42-15)43-25-19(34)16-13(31)5-10(28)6-14(16)41-24(25)9-2-3-11(29)12(30)4-9;5-1-3-7-4-2-6/h2-6,8,15,17-18,20-23,26-33,35-38H,7H2,1H3;5-6H,1-4H2/t8-,15+,17-,18+,20+,21-,22+,23+,26+,27-;/m0./s1. The summed E-state index contributed by atoms with van der Waals surface area (Å²) in [6, 6.07) is 5.24. The molecular formula is C31H40O19. The van der Waals surface area contributed by atoms with E-state index in [9.17, 15) is 55.9 Å². The number of phenols is 4. The largest absolute Gasteiger partial charge is 0.508 e. The van der Waals surface area contributed by atoms with Crippen LogP contribution in [-0.4, -0.2) is 156 Å². The van der Waals surface area contributed by atoms with E-state index in [-0.39, 0.29) is 24.4 Å². The summed E-state index contributed by atoms with van der Waals surface area (Å²) >= 11 is 0. The van der Waals surface area contributed by atoms with Crippen LogP contribution in [0.3, 0.4) is 0 Å². The Balaban J connectivity index is 0.000000727. The van der Waals surface area contributed by atoms with Gasteiger partial charge in [0.05, 0.1) is 39.1 Å². The fourth-order valence-corrected chi connectivity index (χ4v) is 5.07. The molecule has 0 spiro atoms. The molecule has 2 saturated heterocycles. The van der Waals surface area contributed by atoms with Crippen molar-refractivity contribution in [1.82, 2.24) is 0 Å². The zero-order valence-electron chi connectivity index (χ0n) is 26.4. The third-order valence-electron chi connectivity index (χ3n) is 7.76. The Morgan fingerprint density at radius 2 is 1.36 bits per heavy atom. The summed E-state index contributed by atoms with van der Waals surface area (Å²) in [4.78, 5) is 13.6. The van der Waals surface area contributed by atoms with Crippen LogP contribution in [0.5, 0.6) is 28.7 Å². The van der Waals surface area contributed by atoms with Gasteiger partial charge in [0, 0.05) is 17.7 Å². The maximum Gasteiger partial charge on any atom is 0.239 e. The molecule has 3 heterocycles. The lowest BCUT2D eigenvalue weighted by Crippen LogP contribution is -2.61. The molecule has 2 aliphatic rings. The normalized spacial score (nSPS) is 29.7. The molecule has 278 valence electrons. The number of fused-ring (bicyclic) bond motifs is 1. The van der Waals surface area contributed by atoms with Crippen molar-refractivity contribution in [3.8, 4) is 40.1 Å². The van der Waals surface area contributed by atoms with Crippen molar-refractivity contribution in [3.63, 3.8) is 0 Å². The van der Waals surface area contributed by atoms with Gasteiger partial charge in [-0.1, -0.05) is 0 Å². The first-order valence-corrected chi connectivity index (χ1v) is 15.2. The average molecular weight is 717 g/mol.